The van der Waals surface area contributed by atoms with Gasteiger partial charge in [0.15, 0.2) is 0 Å². The standard InChI is InChI=1S/C23H13FO/c24-22-13-7-5-11-20(22)16-17-23(25)21-12-6-4-10-19(21)15-14-18-8-2-1-3-9-18/h1-13H. The SMILES string of the molecule is O=C(C#Cc1ccccc1F)c1ccccc1C#Cc1ccccc1. The second-order valence-electron chi connectivity index (χ2n) is 5.22. The molecule has 3 aromatic rings. The summed E-state index contributed by atoms with van der Waals surface area (Å²) in [6, 6.07) is 22.6. The minimum absolute atomic E-state index is 0.198. The van der Waals surface area contributed by atoms with E-state index in [1.54, 1.807) is 30.3 Å². The molecule has 0 saturated heterocycles. The van der Waals surface area contributed by atoms with Crippen molar-refractivity contribution in [2.45, 2.75) is 0 Å². The van der Waals surface area contributed by atoms with Crippen molar-refractivity contribution < 1.29 is 9.18 Å². The van der Waals surface area contributed by atoms with Crippen molar-refractivity contribution in [2.24, 2.45) is 0 Å². The second-order valence-corrected chi connectivity index (χ2v) is 5.22. The largest absolute Gasteiger partial charge is 0.279 e. The number of benzene rings is 3. The van der Waals surface area contributed by atoms with E-state index in [0.717, 1.165) is 5.56 Å². The Hall–Kier alpha value is -3.62. The van der Waals surface area contributed by atoms with Crippen LogP contribution in [0.5, 0.6) is 0 Å². The van der Waals surface area contributed by atoms with Gasteiger partial charge in [-0.3, -0.25) is 4.79 Å². The first kappa shape index (κ1) is 16.2. The quantitative estimate of drug-likeness (QED) is 0.477. The third-order valence-corrected chi connectivity index (χ3v) is 3.47. The highest BCUT2D eigenvalue weighted by Crippen LogP contribution is 2.09. The average molecular weight is 324 g/mol. The monoisotopic (exact) mass is 324 g/mol. The lowest BCUT2D eigenvalue weighted by molar-refractivity contribution is 0.105. The second kappa shape index (κ2) is 7.77. The summed E-state index contributed by atoms with van der Waals surface area (Å²) in [4.78, 5) is 12.4. The number of Topliss-reactive ketones (excluding diaryl/α,β-unsaturated/α-hetero) is 1. The van der Waals surface area contributed by atoms with Crippen molar-refractivity contribution >= 4 is 5.78 Å². The van der Waals surface area contributed by atoms with Crippen LogP contribution in [0.15, 0.2) is 78.9 Å². The highest BCUT2D eigenvalue weighted by Gasteiger charge is 2.07. The Kier molecular flexibility index (Phi) is 5.05. The first-order chi connectivity index (χ1) is 12.2. The normalized spacial score (nSPS) is 9.32. The van der Waals surface area contributed by atoms with Crippen molar-refractivity contribution in [3.8, 4) is 23.7 Å². The van der Waals surface area contributed by atoms with Gasteiger partial charge in [0.05, 0.1) is 5.56 Å². The van der Waals surface area contributed by atoms with Crippen LogP contribution in [0.25, 0.3) is 0 Å². The number of rotatable bonds is 1. The molecule has 0 amide bonds. The Morgan fingerprint density at radius 1 is 0.680 bits per heavy atom. The summed E-state index contributed by atoms with van der Waals surface area (Å²) in [7, 11) is 0. The van der Waals surface area contributed by atoms with Crippen LogP contribution in [0.4, 0.5) is 4.39 Å². The molecule has 0 radical (unpaired) electrons. The molecule has 0 aromatic heterocycles. The molecule has 0 spiro atoms. The third kappa shape index (κ3) is 4.22. The van der Waals surface area contributed by atoms with Gasteiger partial charge in [-0.15, -0.1) is 0 Å². The zero-order chi connectivity index (χ0) is 17.5. The van der Waals surface area contributed by atoms with Crippen molar-refractivity contribution in [1.82, 2.24) is 0 Å². The van der Waals surface area contributed by atoms with E-state index in [2.05, 4.69) is 23.7 Å². The van der Waals surface area contributed by atoms with Crippen LogP contribution in [0.2, 0.25) is 0 Å². The Balaban J connectivity index is 1.90. The topological polar surface area (TPSA) is 17.1 Å². The van der Waals surface area contributed by atoms with Crippen molar-refractivity contribution in [2.75, 3.05) is 0 Å². The molecule has 0 aliphatic heterocycles. The average Bonchev–Trinajstić information content (AvgIpc) is 2.66. The lowest BCUT2D eigenvalue weighted by atomic mass is 10.0. The molecule has 0 N–H and O–H groups in total. The summed E-state index contributed by atoms with van der Waals surface area (Å²) in [5.41, 5.74) is 2.07. The lowest BCUT2D eigenvalue weighted by Crippen LogP contribution is -1.99. The smallest absolute Gasteiger partial charge is 0.237 e. The molecule has 0 unspecified atom stereocenters. The van der Waals surface area contributed by atoms with E-state index in [0.29, 0.717) is 11.1 Å². The molecular weight excluding hydrogens is 311 g/mol. The van der Waals surface area contributed by atoms with Crippen LogP contribution in [-0.2, 0) is 0 Å². The summed E-state index contributed by atoms with van der Waals surface area (Å²) in [5.74, 6) is 10.3. The summed E-state index contributed by atoms with van der Waals surface area (Å²) in [6.45, 7) is 0. The molecule has 3 rings (SSSR count). The van der Waals surface area contributed by atoms with E-state index < -0.39 is 5.82 Å². The first-order valence-electron chi connectivity index (χ1n) is 7.71. The Morgan fingerprint density at radius 3 is 2.08 bits per heavy atom. The van der Waals surface area contributed by atoms with E-state index in [1.807, 2.05) is 36.4 Å². The third-order valence-electron chi connectivity index (χ3n) is 3.47. The van der Waals surface area contributed by atoms with Crippen molar-refractivity contribution in [1.29, 1.82) is 0 Å². The summed E-state index contributed by atoms with van der Waals surface area (Å²) < 4.78 is 13.6. The summed E-state index contributed by atoms with van der Waals surface area (Å²) in [6.07, 6.45) is 0. The molecule has 0 aliphatic carbocycles. The summed E-state index contributed by atoms with van der Waals surface area (Å²) >= 11 is 0. The molecule has 0 saturated carbocycles. The molecule has 118 valence electrons. The minimum Gasteiger partial charge on any atom is -0.279 e. The van der Waals surface area contributed by atoms with E-state index >= 15 is 0 Å². The highest BCUT2D eigenvalue weighted by molar-refractivity contribution is 6.10. The van der Waals surface area contributed by atoms with E-state index in [-0.39, 0.29) is 11.3 Å². The number of hydrogen-bond acceptors (Lipinski definition) is 1. The fourth-order valence-corrected chi connectivity index (χ4v) is 2.21. The Labute approximate surface area is 146 Å². The number of halogens is 1. The molecule has 3 aromatic carbocycles. The van der Waals surface area contributed by atoms with E-state index in [1.165, 1.54) is 12.1 Å². The van der Waals surface area contributed by atoms with Gasteiger partial charge in [0.25, 0.3) is 0 Å². The Bertz CT molecular complexity index is 1030. The van der Waals surface area contributed by atoms with Gasteiger partial charge in [-0.2, -0.15) is 0 Å². The molecule has 0 fully saturated rings. The van der Waals surface area contributed by atoms with E-state index in [4.69, 9.17) is 0 Å². The van der Waals surface area contributed by atoms with Crippen LogP contribution in [0, 0.1) is 29.5 Å². The van der Waals surface area contributed by atoms with Crippen LogP contribution in [0.1, 0.15) is 27.0 Å². The van der Waals surface area contributed by atoms with Gasteiger partial charge in [-0.1, -0.05) is 60.2 Å². The number of carbonyl (C=O) groups is 1. The van der Waals surface area contributed by atoms with Crippen LogP contribution in [-0.4, -0.2) is 5.78 Å². The zero-order valence-electron chi connectivity index (χ0n) is 13.3. The van der Waals surface area contributed by atoms with Crippen LogP contribution < -0.4 is 0 Å². The van der Waals surface area contributed by atoms with Crippen molar-refractivity contribution in [3.05, 3.63) is 107 Å². The summed E-state index contributed by atoms with van der Waals surface area (Å²) in [5, 5.41) is 0. The highest BCUT2D eigenvalue weighted by atomic mass is 19.1. The minimum atomic E-state index is -0.444. The predicted molar refractivity (Wildman–Crippen MR) is 96.5 cm³/mol. The molecule has 25 heavy (non-hydrogen) atoms. The maximum atomic E-state index is 13.6. The van der Waals surface area contributed by atoms with Crippen LogP contribution >= 0.6 is 0 Å². The van der Waals surface area contributed by atoms with Gasteiger partial charge in [0.2, 0.25) is 5.78 Å². The first-order valence-corrected chi connectivity index (χ1v) is 7.71. The molecule has 1 nitrogen and oxygen atoms in total. The molecule has 2 heteroatoms. The zero-order valence-corrected chi connectivity index (χ0v) is 13.3. The van der Waals surface area contributed by atoms with Gasteiger partial charge in [-0.25, -0.2) is 4.39 Å². The fourth-order valence-electron chi connectivity index (χ4n) is 2.21. The van der Waals surface area contributed by atoms with Gasteiger partial charge >= 0.3 is 0 Å². The number of hydrogen-bond donors (Lipinski definition) is 0. The van der Waals surface area contributed by atoms with Gasteiger partial charge in [0, 0.05) is 16.7 Å². The lowest BCUT2D eigenvalue weighted by Gasteiger charge is -1.98. The molecule has 0 atom stereocenters. The van der Waals surface area contributed by atoms with Gasteiger partial charge < -0.3 is 0 Å². The van der Waals surface area contributed by atoms with Gasteiger partial charge in [-0.05, 0) is 42.3 Å². The van der Waals surface area contributed by atoms with Crippen molar-refractivity contribution in [3.63, 3.8) is 0 Å². The number of carbonyl (C=O) groups excluding carboxylic acids is 1. The van der Waals surface area contributed by atoms with E-state index in [9.17, 15) is 9.18 Å². The maximum absolute atomic E-state index is 13.6. The molecule has 0 bridgehead atoms. The predicted octanol–water partition coefficient (Wildman–Crippen LogP) is 4.46. The molecule has 0 heterocycles. The molecule has 0 aliphatic rings. The fraction of sp³-hybridized carbons (Fsp3) is 0. The maximum Gasteiger partial charge on any atom is 0.237 e. The molecular formula is C23H13FO. The van der Waals surface area contributed by atoms with Gasteiger partial charge in [0.1, 0.15) is 5.82 Å². The van der Waals surface area contributed by atoms with Crippen LogP contribution in [0.3, 0.4) is 0 Å². The Morgan fingerprint density at radius 2 is 1.32 bits per heavy atom. The number of ketones is 1.